The standard InChI is InChI=1S/C23H36N4O2/c1-4-5-14-28-15-9-13-25-23(24-2)26-17-20-10-6-7-11-21(20)18-27(3)19-22-12-8-16-29-22/h6-8,10-12,16H,4-5,9,13-15,17-19H2,1-3H3,(H2,24,25,26). The maximum Gasteiger partial charge on any atom is 0.191 e. The predicted octanol–water partition coefficient (Wildman–Crippen LogP) is 3.78. The summed E-state index contributed by atoms with van der Waals surface area (Å²) in [6.45, 7) is 7.05. The Morgan fingerprint density at radius 2 is 1.83 bits per heavy atom. The number of unbranched alkanes of at least 4 members (excludes halogenated alkanes) is 1. The summed E-state index contributed by atoms with van der Waals surface area (Å²) in [5.74, 6) is 1.80. The van der Waals surface area contributed by atoms with Crippen LogP contribution in [-0.4, -0.2) is 44.7 Å². The molecule has 0 amide bonds. The van der Waals surface area contributed by atoms with Crippen molar-refractivity contribution in [3.05, 3.63) is 59.5 Å². The normalized spacial score (nSPS) is 11.8. The van der Waals surface area contributed by atoms with Crippen molar-refractivity contribution >= 4 is 5.96 Å². The fourth-order valence-corrected chi connectivity index (χ4v) is 3.03. The Hall–Kier alpha value is -2.31. The molecular formula is C23H36N4O2. The average Bonchev–Trinajstić information content (AvgIpc) is 3.23. The molecule has 2 aromatic rings. The molecule has 0 unspecified atom stereocenters. The van der Waals surface area contributed by atoms with Gasteiger partial charge in [0.15, 0.2) is 5.96 Å². The van der Waals surface area contributed by atoms with Gasteiger partial charge in [-0.25, -0.2) is 0 Å². The molecule has 1 aromatic heterocycles. The first kappa shape index (κ1) is 23.0. The van der Waals surface area contributed by atoms with Crippen LogP contribution in [0.4, 0.5) is 0 Å². The number of nitrogens with zero attached hydrogens (tertiary/aromatic N) is 2. The number of nitrogens with one attached hydrogen (secondary N) is 2. The van der Waals surface area contributed by atoms with E-state index in [-0.39, 0.29) is 0 Å². The number of ether oxygens (including phenoxy) is 1. The fraction of sp³-hybridized carbons (Fsp3) is 0.522. The highest BCUT2D eigenvalue weighted by molar-refractivity contribution is 5.79. The maximum atomic E-state index is 5.60. The molecule has 1 aromatic carbocycles. The second-order valence-electron chi connectivity index (χ2n) is 7.19. The van der Waals surface area contributed by atoms with Crippen LogP contribution in [0.5, 0.6) is 0 Å². The second-order valence-corrected chi connectivity index (χ2v) is 7.19. The average molecular weight is 401 g/mol. The first-order valence-corrected chi connectivity index (χ1v) is 10.5. The van der Waals surface area contributed by atoms with Crippen molar-refractivity contribution in [2.45, 2.75) is 45.8 Å². The van der Waals surface area contributed by atoms with Crippen molar-refractivity contribution in [2.75, 3.05) is 33.9 Å². The van der Waals surface area contributed by atoms with Crippen LogP contribution in [0.2, 0.25) is 0 Å². The van der Waals surface area contributed by atoms with E-state index in [0.717, 1.165) is 64.0 Å². The molecule has 6 nitrogen and oxygen atoms in total. The molecule has 0 atom stereocenters. The lowest BCUT2D eigenvalue weighted by molar-refractivity contribution is 0.129. The van der Waals surface area contributed by atoms with Crippen LogP contribution in [0.1, 0.15) is 43.1 Å². The summed E-state index contributed by atoms with van der Waals surface area (Å²) in [5.41, 5.74) is 2.57. The van der Waals surface area contributed by atoms with Gasteiger partial charge in [0.05, 0.1) is 12.8 Å². The molecule has 0 aliphatic rings. The SMILES string of the molecule is CCCCOCCCNC(=NC)NCc1ccccc1CN(C)Cc1ccco1. The van der Waals surface area contributed by atoms with Crippen LogP contribution in [0.3, 0.4) is 0 Å². The number of furan rings is 1. The first-order valence-electron chi connectivity index (χ1n) is 10.5. The van der Waals surface area contributed by atoms with Crippen LogP contribution < -0.4 is 10.6 Å². The Kier molecular flexibility index (Phi) is 10.9. The quantitative estimate of drug-likeness (QED) is 0.304. The van der Waals surface area contributed by atoms with Gasteiger partial charge in [-0.3, -0.25) is 9.89 Å². The second kappa shape index (κ2) is 13.8. The van der Waals surface area contributed by atoms with Gasteiger partial charge in [0.1, 0.15) is 5.76 Å². The lowest BCUT2D eigenvalue weighted by Crippen LogP contribution is -2.37. The molecule has 0 spiro atoms. The molecule has 0 saturated carbocycles. The Labute approximate surface area is 175 Å². The van der Waals surface area contributed by atoms with Gasteiger partial charge in [-0.15, -0.1) is 0 Å². The van der Waals surface area contributed by atoms with Gasteiger partial charge in [-0.1, -0.05) is 37.6 Å². The Morgan fingerprint density at radius 1 is 1.03 bits per heavy atom. The topological polar surface area (TPSA) is 62.0 Å². The zero-order chi connectivity index (χ0) is 20.7. The van der Waals surface area contributed by atoms with Crippen molar-refractivity contribution < 1.29 is 9.15 Å². The third-order valence-corrected chi connectivity index (χ3v) is 4.63. The molecular weight excluding hydrogens is 364 g/mol. The number of aliphatic imine (C=N–C) groups is 1. The minimum Gasteiger partial charge on any atom is -0.468 e. The molecule has 0 radical (unpaired) electrons. The lowest BCUT2D eigenvalue weighted by atomic mass is 10.1. The molecule has 0 saturated heterocycles. The van der Waals surface area contributed by atoms with E-state index in [1.54, 1.807) is 13.3 Å². The third kappa shape index (κ3) is 9.15. The van der Waals surface area contributed by atoms with Crippen molar-refractivity contribution in [3.8, 4) is 0 Å². The van der Waals surface area contributed by atoms with Gasteiger partial charge in [-0.2, -0.15) is 0 Å². The lowest BCUT2D eigenvalue weighted by Gasteiger charge is -2.19. The zero-order valence-electron chi connectivity index (χ0n) is 18.1. The number of hydrogen-bond donors (Lipinski definition) is 2. The van der Waals surface area contributed by atoms with E-state index in [1.807, 2.05) is 12.1 Å². The van der Waals surface area contributed by atoms with Crippen molar-refractivity contribution in [1.29, 1.82) is 0 Å². The van der Waals surface area contributed by atoms with E-state index in [1.165, 1.54) is 17.5 Å². The molecule has 0 aliphatic heterocycles. The van der Waals surface area contributed by atoms with Gasteiger partial charge < -0.3 is 19.8 Å². The van der Waals surface area contributed by atoms with Crippen LogP contribution in [0.15, 0.2) is 52.1 Å². The van der Waals surface area contributed by atoms with Crippen molar-refractivity contribution in [1.82, 2.24) is 15.5 Å². The highest BCUT2D eigenvalue weighted by atomic mass is 16.5. The molecule has 0 bridgehead atoms. The predicted molar refractivity (Wildman–Crippen MR) is 119 cm³/mol. The van der Waals surface area contributed by atoms with Crippen molar-refractivity contribution in [2.24, 2.45) is 4.99 Å². The molecule has 1 heterocycles. The molecule has 0 aliphatic carbocycles. The molecule has 160 valence electrons. The van der Waals surface area contributed by atoms with E-state index in [0.29, 0.717) is 0 Å². The van der Waals surface area contributed by atoms with E-state index in [4.69, 9.17) is 9.15 Å². The van der Waals surface area contributed by atoms with E-state index >= 15 is 0 Å². The molecule has 2 rings (SSSR count). The van der Waals surface area contributed by atoms with Gasteiger partial charge >= 0.3 is 0 Å². The summed E-state index contributed by atoms with van der Waals surface area (Å²) in [5, 5.41) is 6.77. The first-order chi connectivity index (χ1) is 14.2. The van der Waals surface area contributed by atoms with Gasteiger partial charge in [0, 0.05) is 39.9 Å². The number of rotatable bonds is 13. The monoisotopic (exact) mass is 400 g/mol. The van der Waals surface area contributed by atoms with Gasteiger partial charge in [0.2, 0.25) is 0 Å². The Morgan fingerprint density at radius 3 is 2.55 bits per heavy atom. The zero-order valence-corrected chi connectivity index (χ0v) is 18.1. The summed E-state index contributed by atoms with van der Waals surface area (Å²) < 4.78 is 11.0. The van der Waals surface area contributed by atoms with E-state index in [2.05, 4.69) is 58.8 Å². The maximum absolute atomic E-state index is 5.60. The Bertz CT molecular complexity index is 701. The van der Waals surface area contributed by atoms with Crippen LogP contribution >= 0.6 is 0 Å². The Balaban J connectivity index is 1.75. The van der Waals surface area contributed by atoms with Crippen molar-refractivity contribution in [3.63, 3.8) is 0 Å². The smallest absolute Gasteiger partial charge is 0.191 e. The third-order valence-electron chi connectivity index (χ3n) is 4.63. The number of benzene rings is 1. The summed E-state index contributed by atoms with van der Waals surface area (Å²) in [6, 6.07) is 12.4. The minimum atomic E-state index is 0.734. The summed E-state index contributed by atoms with van der Waals surface area (Å²) in [7, 11) is 3.91. The van der Waals surface area contributed by atoms with Crippen LogP contribution in [-0.2, 0) is 24.4 Å². The van der Waals surface area contributed by atoms with Crippen LogP contribution in [0.25, 0.3) is 0 Å². The number of guanidine groups is 1. The molecule has 0 fully saturated rings. The van der Waals surface area contributed by atoms with Gasteiger partial charge in [0.25, 0.3) is 0 Å². The van der Waals surface area contributed by atoms with E-state index < -0.39 is 0 Å². The highest BCUT2D eigenvalue weighted by Gasteiger charge is 2.08. The highest BCUT2D eigenvalue weighted by Crippen LogP contribution is 2.13. The van der Waals surface area contributed by atoms with Gasteiger partial charge in [-0.05, 0) is 43.1 Å². The molecule has 2 N–H and O–H groups in total. The number of hydrogen-bond acceptors (Lipinski definition) is 4. The molecule has 29 heavy (non-hydrogen) atoms. The fourth-order valence-electron chi connectivity index (χ4n) is 3.03. The van der Waals surface area contributed by atoms with E-state index in [9.17, 15) is 0 Å². The minimum absolute atomic E-state index is 0.734. The largest absolute Gasteiger partial charge is 0.468 e. The molecule has 6 heteroatoms. The van der Waals surface area contributed by atoms with Crippen LogP contribution in [0, 0.1) is 0 Å². The summed E-state index contributed by atoms with van der Waals surface area (Å²) >= 11 is 0. The summed E-state index contributed by atoms with van der Waals surface area (Å²) in [4.78, 5) is 6.57. The summed E-state index contributed by atoms with van der Waals surface area (Å²) in [6.07, 6.45) is 5.00.